The summed E-state index contributed by atoms with van der Waals surface area (Å²) in [7, 11) is 1.90. The molecule has 0 unspecified atom stereocenters. The van der Waals surface area contributed by atoms with Crippen LogP contribution < -0.4 is 5.32 Å². The zero-order valence-corrected chi connectivity index (χ0v) is 10.4. The molecular formula is C12H14N6. The number of nitrogens with one attached hydrogen (secondary N) is 1. The summed E-state index contributed by atoms with van der Waals surface area (Å²) in [5, 5.41) is 19.9. The Morgan fingerprint density at radius 3 is 2.94 bits per heavy atom. The lowest BCUT2D eigenvalue weighted by atomic mass is 10.2. The summed E-state index contributed by atoms with van der Waals surface area (Å²) < 4.78 is 1.87. The topological polar surface area (TPSA) is 79.4 Å². The van der Waals surface area contributed by atoms with Crippen molar-refractivity contribution in [2.75, 3.05) is 11.9 Å². The van der Waals surface area contributed by atoms with Gasteiger partial charge in [0.05, 0.1) is 5.56 Å². The number of hydrogen-bond donors (Lipinski definition) is 1. The van der Waals surface area contributed by atoms with Crippen LogP contribution in [0, 0.1) is 18.3 Å². The summed E-state index contributed by atoms with van der Waals surface area (Å²) in [5.74, 6) is 1.52. The molecule has 0 saturated heterocycles. The molecule has 0 amide bonds. The molecule has 0 aliphatic rings. The fraction of sp³-hybridized carbons (Fsp3) is 0.333. The van der Waals surface area contributed by atoms with Crippen LogP contribution in [-0.2, 0) is 13.5 Å². The van der Waals surface area contributed by atoms with E-state index in [1.807, 2.05) is 24.6 Å². The van der Waals surface area contributed by atoms with Crippen molar-refractivity contribution in [2.45, 2.75) is 13.3 Å². The van der Waals surface area contributed by atoms with Crippen LogP contribution in [-0.4, -0.2) is 26.3 Å². The molecule has 18 heavy (non-hydrogen) atoms. The predicted octanol–water partition coefficient (Wildman–Crippen LogP) is 1.04. The van der Waals surface area contributed by atoms with Crippen molar-refractivity contribution >= 4 is 5.82 Å². The SMILES string of the molecule is Cc1ccc(C#N)c(NCCc2nncn2C)n1. The number of pyridine rings is 1. The second kappa shape index (κ2) is 5.27. The van der Waals surface area contributed by atoms with Gasteiger partial charge in [-0.3, -0.25) is 0 Å². The first-order valence-electron chi connectivity index (χ1n) is 5.65. The van der Waals surface area contributed by atoms with Gasteiger partial charge in [-0.05, 0) is 19.1 Å². The molecule has 0 radical (unpaired) electrons. The average molecular weight is 242 g/mol. The molecule has 0 bridgehead atoms. The van der Waals surface area contributed by atoms with Gasteiger partial charge < -0.3 is 9.88 Å². The van der Waals surface area contributed by atoms with Crippen LogP contribution in [0.3, 0.4) is 0 Å². The van der Waals surface area contributed by atoms with E-state index in [0.717, 1.165) is 17.9 Å². The van der Waals surface area contributed by atoms with Crippen molar-refractivity contribution in [1.82, 2.24) is 19.7 Å². The summed E-state index contributed by atoms with van der Waals surface area (Å²) in [6.07, 6.45) is 2.40. The monoisotopic (exact) mass is 242 g/mol. The minimum absolute atomic E-state index is 0.554. The maximum Gasteiger partial charge on any atom is 0.144 e. The zero-order chi connectivity index (χ0) is 13.0. The lowest BCUT2D eigenvalue weighted by molar-refractivity contribution is 0.787. The molecule has 1 N–H and O–H groups in total. The molecule has 92 valence electrons. The van der Waals surface area contributed by atoms with Gasteiger partial charge in [0.25, 0.3) is 0 Å². The molecule has 0 fully saturated rings. The molecule has 0 aliphatic carbocycles. The summed E-state index contributed by atoms with van der Waals surface area (Å²) in [6.45, 7) is 2.56. The van der Waals surface area contributed by atoms with E-state index >= 15 is 0 Å². The summed E-state index contributed by atoms with van der Waals surface area (Å²) in [5.41, 5.74) is 1.44. The molecular weight excluding hydrogens is 228 g/mol. The maximum atomic E-state index is 8.98. The van der Waals surface area contributed by atoms with Crippen LogP contribution in [0.1, 0.15) is 17.1 Å². The molecule has 2 heterocycles. The van der Waals surface area contributed by atoms with Gasteiger partial charge in [0.1, 0.15) is 24.0 Å². The van der Waals surface area contributed by atoms with Gasteiger partial charge >= 0.3 is 0 Å². The number of hydrogen-bond acceptors (Lipinski definition) is 5. The fourth-order valence-electron chi connectivity index (χ4n) is 1.61. The highest BCUT2D eigenvalue weighted by atomic mass is 15.2. The Hall–Kier alpha value is -2.42. The van der Waals surface area contributed by atoms with Gasteiger partial charge in [0, 0.05) is 25.7 Å². The van der Waals surface area contributed by atoms with Crippen LogP contribution in [0.15, 0.2) is 18.5 Å². The second-order valence-electron chi connectivity index (χ2n) is 4.00. The van der Waals surface area contributed by atoms with Crippen LogP contribution >= 0.6 is 0 Å². The first-order valence-corrected chi connectivity index (χ1v) is 5.65. The molecule has 2 aromatic rings. The average Bonchev–Trinajstić information content (AvgIpc) is 2.76. The quantitative estimate of drug-likeness (QED) is 0.866. The molecule has 0 aromatic carbocycles. The molecule has 6 nitrogen and oxygen atoms in total. The fourth-order valence-corrected chi connectivity index (χ4v) is 1.61. The first kappa shape index (κ1) is 12.0. The third-order valence-corrected chi connectivity index (χ3v) is 2.60. The zero-order valence-electron chi connectivity index (χ0n) is 10.4. The van der Waals surface area contributed by atoms with Crippen molar-refractivity contribution in [1.29, 1.82) is 5.26 Å². The highest BCUT2D eigenvalue weighted by Crippen LogP contribution is 2.11. The summed E-state index contributed by atoms with van der Waals surface area (Å²) >= 11 is 0. The van der Waals surface area contributed by atoms with E-state index in [-0.39, 0.29) is 0 Å². The standard InChI is InChI=1S/C12H14N6/c1-9-3-4-10(7-13)12(16-9)14-6-5-11-17-15-8-18(11)2/h3-4,8H,5-6H2,1-2H3,(H,14,16). The molecule has 6 heteroatoms. The van der Waals surface area contributed by atoms with Crippen LogP contribution in [0.2, 0.25) is 0 Å². The number of aromatic nitrogens is 4. The normalized spacial score (nSPS) is 10.1. The number of anilines is 1. The maximum absolute atomic E-state index is 8.98. The minimum Gasteiger partial charge on any atom is -0.369 e. The van der Waals surface area contributed by atoms with Crippen LogP contribution in [0.4, 0.5) is 5.82 Å². The van der Waals surface area contributed by atoms with Crippen molar-refractivity contribution in [2.24, 2.45) is 7.05 Å². The minimum atomic E-state index is 0.554. The Morgan fingerprint density at radius 1 is 1.44 bits per heavy atom. The van der Waals surface area contributed by atoms with Crippen LogP contribution in [0.5, 0.6) is 0 Å². The van der Waals surface area contributed by atoms with E-state index in [0.29, 0.717) is 17.9 Å². The van der Waals surface area contributed by atoms with E-state index in [9.17, 15) is 0 Å². The molecule has 0 saturated carbocycles. The second-order valence-corrected chi connectivity index (χ2v) is 4.00. The smallest absolute Gasteiger partial charge is 0.144 e. The Labute approximate surface area is 105 Å². The Kier molecular flexibility index (Phi) is 3.53. The molecule has 0 atom stereocenters. The Balaban J connectivity index is 2.00. The van der Waals surface area contributed by atoms with Gasteiger partial charge in [0.15, 0.2) is 0 Å². The number of nitrogens with zero attached hydrogens (tertiary/aromatic N) is 5. The third-order valence-electron chi connectivity index (χ3n) is 2.60. The van der Waals surface area contributed by atoms with Gasteiger partial charge in [-0.25, -0.2) is 4.98 Å². The number of nitriles is 1. The summed E-state index contributed by atoms with van der Waals surface area (Å²) in [4.78, 5) is 4.31. The van der Waals surface area contributed by atoms with Gasteiger partial charge in [-0.2, -0.15) is 5.26 Å². The molecule has 0 aliphatic heterocycles. The van der Waals surface area contributed by atoms with Gasteiger partial charge in [-0.1, -0.05) is 0 Å². The highest BCUT2D eigenvalue weighted by molar-refractivity contribution is 5.52. The number of rotatable bonds is 4. The van der Waals surface area contributed by atoms with Gasteiger partial charge in [-0.15, -0.1) is 10.2 Å². The lowest BCUT2D eigenvalue weighted by Crippen LogP contribution is -2.11. The van der Waals surface area contributed by atoms with Crippen LogP contribution in [0.25, 0.3) is 0 Å². The van der Waals surface area contributed by atoms with Crippen molar-refractivity contribution in [3.63, 3.8) is 0 Å². The van der Waals surface area contributed by atoms with E-state index in [1.54, 1.807) is 12.4 Å². The van der Waals surface area contributed by atoms with Crippen molar-refractivity contribution in [3.8, 4) is 6.07 Å². The largest absolute Gasteiger partial charge is 0.369 e. The lowest BCUT2D eigenvalue weighted by Gasteiger charge is -2.07. The summed E-state index contributed by atoms with van der Waals surface area (Å²) in [6, 6.07) is 5.72. The molecule has 0 spiro atoms. The Morgan fingerprint density at radius 2 is 2.28 bits per heavy atom. The van der Waals surface area contributed by atoms with Crippen molar-refractivity contribution in [3.05, 3.63) is 35.5 Å². The third kappa shape index (κ3) is 2.63. The molecule has 2 aromatic heterocycles. The van der Waals surface area contributed by atoms with E-state index in [1.165, 1.54) is 0 Å². The predicted molar refractivity (Wildman–Crippen MR) is 66.9 cm³/mol. The highest BCUT2D eigenvalue weighted by Gasteiger charge is 2.05. The van der Waals surface area contributed by atoms with Gasteiger partial charge in [0.2, 0.25) is 0 Å². The van der Waals surface area contributed by atoms with E-state index in [4.69, 9.17) is 5.26 Å². The van der Waals surface area contributed by atoms with Crippen molar-refractivity contribution < 1.29 is 0 Å². The van der Waals surface area contributed by atoms with E-state index in [2.05, 4.69) is 26.6 Å². The molecule has 2 rings (SSSR count). The first-order chi connectivity index (χ1) is 8.70. The number of aryl methyl sites for hydroxylation is 2. The van der Waals surface area contributed by atoms with E-state index < -0.39 is 0 Å². The Bertz CT molecular complexity index is 580.